The zero-order valence-electron chi connectivity index (χ0n) is 12.5. The number of thioether (sulfide) groups is 1. The van der Waals surface area contributed by atoms with Crippen molar-refractivity contribution in [1.82, 2.24) is 10.2 Å². The number of carbonyl (C=O) groups is 2. The molecule has 1 atom stereocenters. The van der Waals surface area contributed by atoms with Gasteiger partial charge in [-0.2, -0.15) is 11.8 Å². The molecule has 1 N–H and O–H groups in total. The number of esters is 1. The molecule has 1 heterocycles. The third kappa shape index (κ3) is 3.78. The van der Waals surface area contributed by atoms with E-state index in [2.05, 4.69) is 10.1 Å². The van der Waals surface area contributed by atoms with Gasteiger partial charge < -0.3 is 10.1 Å². The van der Waals surface area contributed by atoms with Crippen LogP contribution >= 0.6 is 24.0 Å². The molecule has 1 aromatic rings. The maximum Gasteiger partial charge on any atom is 0.337 e. The first-order chi connectivity index (χ1) is 10.6. The number of nitrogens with zero attached hydrogens (tertiary/aromatic N) is 1. The Bertz CT molecular complexity index is 575. The molecule has 1 aromatic carbocycles. The number of carbonyl (C=O) groups excluding carboxylic acids is 2. The molecule has 0 saturated carbocycles. The van der Waals surface area contributed by atoms with Crippen LogP contribution in [-0.4, -0.2) is 47.0 Å². The fourth-order valence-electron chi connectivity index (χ4n) is 2.20. The summed E-state index contributed by atoms with van der Waals surface area (Å²) in [6, 6.07) is 6.75. The average Bonchev–Trinajstić information content (AvgIpc) is 2.80. The van der Waals surface area contributed by atoms with Crippen LogP contribution in [0.3, 0.4) is 0 Å². The van der Waals surface area contributed by atoms with Gasteiger partial charge >= 0.3 is 5.97 Å². The predicted molar refractivity (Wildman–Crippen MR) is 90.9 cm³/mol. The van der Waals surface area contributed by atoms with Crippen LogP contribution in [-0.2, 0) is 16.1 Å². The highest BCUT2D eigenvalue weighted by molar-refractivity contribution is 7.98. The van der Waals surface area contributed by atoms with Crippen LogP contribution in [0.2, 0.25) is 0 Å². The van der Waals surface area contributed by atoms with Gasteiger partial charge in [0.25, 0.3) is 5.91 Å². The van der Waals surface area contributed by atoms with Crippen LogP contribution in [0, 0.1) is 0 Å². The van der Waals surface area contributed by atoms with E-state index in [9.17, 15) is 9.59 Å². The van der Waals surface area contributed by atoms with Gasteiger partial charge in [0.2, 0.25) is 0 Å². The molecule has 1 aliphatic heterocycles. The summed E-state index contributed by atoms with van der Waals surface area (Å²) in [7, 11) is 1.35. The molecule has 22 heavy (non-hydrogen) atoms. The topological polar surface area (TPSA) is 58.6 Å². The van der Waals surface area contributed by atoms with Crippen molar-refractivity contribution in [2.75, 3.05) is 19.1 Å². The van der Waals surface area contributed by atoms with Crippen molar-refractivity contribution in [2.24, 2.45) is 0 Å². The standard InChI is InChI=1S/C15H18N2O3S2/c1-20-14(19)11-5-3-10(4-6-11)9-17-13(18)12(7-8-22-2)16-15(17)21/h3-6,12H,7-9H2,1-2H3,(H,16,21)/t12-/m1/s1. The zero-order chi connectivity index (χ0) is 16.1. The van der Waals surface area contributed by atoms with Crippen LogP contribution in [0.15, 0.2) is 24.3 Å². The molecule has 0 bridgehead atoms. The van der Waals surface area contributed by atoms with Crippen molar-refractivity contribution < 1.29 is 14.3 Å². The lowest BCUT2D eigenvalue weighted by Crippen LogP contribution is -2.31. The van der Waals surface area contributed by atoms with E-state index in [0.29, 0.717) is 17.2 Å². The number of ether oxygens (including phenoxy) is 1. The minimum atomic E-state index is -0.377. The Kier molecular flexibility index (Phi) is 5.79. The normalized spacial score (nSPS) is 17.5. The molecule has 2 rings (SSSR count). The third-order valence-corrected chi connectivity index (χ3v) is 4.42. The summed E-state index contributed by atoms with van der Waals surface area (Å²) in [5.74, 6) is 0.544. The first kappa shape index (κ1) is 16.8. The number of hydrogen-bond donors (Lipinski definition) is 1. The van der Waals surface area contributed by atoms with Crippen molar-refractivity contribution >= 4 is 41.0 Å². The van der Waals surface area contributed by atoms with E-state index in [1.165, 1.54) is 7.11 Å². The van der Waals surface area contributed by atoms with E-state index in [1.807, 2.05) is 6.26 Å². The summed E-state index contributed by atoms with van der Waals surface area (Å²) in [6.45, 7) is 0.405. The maximum absolute atomic E-state index is 12.3. The van der Waals surface area contributed by atoms with Crippen LogP contribution < -0.4 is 5.32 Å². The molecule has 1 amide bonds. The second kappa shape index (κ2) is 7.60. The van der Waals surface area contributed by atoms with E-state index in [-0.39, 0.29) is 17.9 Å². The molecular weight excluding hydrogens is 320 g/mol. The molecule has 0 aromatic heterocycles. The molecule has 0 spiro atoms. The van der Waals surface area contributed by atoms with Gasteiger partial charge in [0.05, 0.1) is 19.2 Å². The van der Waals surface area contributed by atoms with E-state index in [0.717, 1.165) is 17.7 Å². The fourth-order valence-corrected chi connectivity index (χ4v) is 2.97. The second-order valence-corrected chi connectivity index (χ2v) is 6.27. The largest absolute Gasteiger partial charge is 0.465 e. The number of benzene rings is 1. The smallest absolute Gasteiger partial charge is 0.337 e. The minimum Gasteiger partial charge on any atom is -0.465 e. The summed E-state index contributed by atoms with van der Waals surface area (Å²) in [5.41, 5.74) is 1.40. The molecule has 7 heteroatoms. The summed E-state index contributed by atoms with van der Waals surface area (Å²) < 4.78 is 4.66. The Labute approximate surface area is 139 Å². The zero-order valence-corrected chi connectivity index (χ0v) is 14.1. The first-order valence-electron chi connectivity index (χ1n) is 6.85. The fraction of sp³-hybridized carbons (Fsp3) is 0.400. The summed E-state index contributed by atoms with van der Waals surface area (Å²) in [5, 5.41) is 3.53. The molecular formula is C15H18N2O3S2. The van der Waals surface area contributed by atoms with E-state index < -0.39 is 0 Å². The van der Waals surface area contributed by atoms with Gasteiger partial charge in [0.15, 0.2) is 5.11 Å². The van der Waals surface area contributed by atoms with E-state index in [4.69, 9.17) is 12.2 Å². The molecule has 1 fully saturated rings. The van der Waals surface area contributed by atoms with Gasteiger partial charge in [0, 0.05) is 0 Å². The van der Waals surface area contributed by atoms with Gasteiger partial charge in [-0.15, -0.1) is 0 Å². The summed E-state index contributed by atoms with van der Waals surface area (Å²) in [4.78, 5) is 25.3. The van der Waals surface area contributed by atoms with Crippen LogP contribution in [0.25, 0.3) is 0 Å². The van der Waals surface area contributed by atoms with Gasteiger partial charge in [0.1, 0.15) is 6.04 Å². The highest BCUT2D eigenvalue weighted by atomic mass is 32.2. The number of hydrogen-bond acceptors (Lipinski definition) is 5. The van der Waals surface area contributed by atoms with Crippen LogP contribution in [0.1, 0.15) is 22.3 Å². The van der Waals surface area contributed by atoms with Crippen LogP contribution in [0.4, 0.5) is 0 Å². The van der Waals surface area contributed by atoms with Gasteiger partial charge in [-0.05, 0) is 48.3 Å². The number of amides is 1. The molecule has 0 radical (unpaired) electrons. The first-order valence-corrected chi connectivity index (χ1v) is 8.65. The Morgan fingerprint density at radius 2 is 2.09 bits per heavy atom. The van der Waals surface area contributed by atoms with E-state index in [1.54, 1.807) is 40.9 Å². The van der Waals surface area contributed by atoms with Crippen molar-refractivity contribution in [3.05, 3.63) is 35.4 Å². The lowest BCUT2D eigenvalue weighted by Gasteiger charge is -2.15. The Morgan fingerprint density at radius 1 is 1.41 bits per heavy atom. The summed E-state index contributed by atoms with van der Waals surface area (Å²) in [6.07, 6.45) is 2.77. The van der Waals surface area contributed by atoms with Crippen molar-refractivity contribution in [1.29, 1.82) is 0 Å². The quantitative estimate of drug-likeness (QED) is 0.631. The molecule has 0 aliphatic carbocycles. The number of nitrogens with one attached hydrogen (secondary N) is 1. The average molecular weight is 338 g/mol. The van der Waals surface area contributed by atoms with Crippen molar-refractivity contribution in [3.63, 3.8) is 0 Å². The second-order valence-electron chi connectivity index (χ2n) is 4.90. The molecule has 0 unspecified atom stereocenters. The number of methoxy groups -OCH3 is 1. The Morgan fingerprint density at radius 3 is 2.68 bits per heavy atom. The maximum atomic E-state index is 12.3. The Hall–Kier alpha value is -1.60. The molecule has 1 aliphatic rings. The van der Waals surface area contributed by atoms with Crippen LogP contribution in [0.5, 0.6) is 0 Å². The molecule has 1 saturated heterocycles. The molecule has 5 nitrogen and oxygen atoms in total. The molecule has 118 valence electrons. The van der Waals surface area contributed by atoms with Crippen molar-refractivity contribution in [2.45, 2.75) is 19.0 Å². The lowest BCUT2D eigenvalue weighted by molar-refractivity contribution is -0.127. The SMILES string of the molecule is COC(=O)c1ccc(CN2C(=O)[C@@H](CCSC)NC2=S)cc1. The van der Waals surface area contributed by atoms with Gasteiger partial charge in [-0.3, -0.25) is 9.69 Å². The van der Waals surface area contributed by atoms with Gasteiger partial charge in [-0.25, -0.2) is 4.79 Å². The summed E-state index contributed by atoms with van der Waals surface area (Å²) >= 11 is 6.95. The lowest BCUT2D eigenvalue weighted by atomic mass is 10.1. The van der Waals surface area contributed by atoms with E-state index >= 15 is 0 Å². The number of rotatable bonds is 6. The highest BCUT2D eigenvalue weighted by Crippen LogP contribution is 2.16. The Balaban J connectivity index is 2.02. The third-order valence-electron chi connectivity index (χ3n) is 3.43. The van der Waals surface area contributed by atoms with Crippen molar-refractivity contribution in [3.8, 4) is 0 Å². The minimum absolute atomic E-state index is 0.0103. The predicted octanol–water partition coefficient (Wildman–Crippen LogP) is 1.81. The number of thiocarbonyl (C=S) groups is 1. The van der Waals surface area contributed by atoms with Gasteiger partial charge in [-0.1, -0.05) is 12.1 Å². The highest BCUT2D eigenvalue weighted by Gasteiger charge is 2.34. The monoisotopic (exact) mass is 338 g/mol.